The topological polar surface area (TPSA) is 60.7 Å². The van der Waals surface area contributed by atoms with Gasteiger partial charge in [-0.3, -0.25) is 0 Å². The fourth-order valence-electron chi connectivity index (χ4n) is 3.04. The smallest absolute Gasteiger partial charge is 0.393 e. The molecule has 2 unspecified atom stereocenters. The van der Waals surface area contributed by atoms with E-state index in [2.05, 4.69) is 6.58 Å². The fraction of sp³-hybridized carbons (Fsp3) is 0.636. The predicted molar refractivity (Wildman–Crippen MR) is 105 cm³/mol. The van der Waals surface area contributed by atoms with Gasteiger partial charge in [0, 0.05) is 12.8 Å². The highest BCUT2D eigenvalue weighted by Crippen LogP contribution is 2.42. The molecule has 1 saturated carbocycles. The minimum absolute atomic E-state index is 0.245. The lowest BCUT2D eigenvalue weighted by molar-refractivity contribution is -0.343. The highest BCUT2D eigenvalue weighted by molar-refractivity contribution is 5.37. The third-order valence-electron chi connectivity index (χ3n) is 5.08. The van der Waals surface area contributed by atoms with Crippen LogP contribution in [-0.2, 0) is 0 Å². The summed E-state index contributed by atoms with van der Waals surface area (Å²) < 4.78 is 75.7. The van der Waals surface area contributed by atoms with E-state index in [9.17, 15) is 36.6 Å². The number of alkyl halides is 6. The second-order valence-corrected chi connectivity index (χ2v) is 8.50. The summed E-state index contributed by atoms with van der Waals surface area (Å²) in [6.07, 6.45) is -5.85. The lowest BCUT2D eigenvalue weighted by atomic mass is 9.83. The van der Waals surface area contributed by atoms with Crippen LogP contribution in [0.25, 0.3) is 0 Å². The Balaban J connectivity index is 2.60. The van der Waals surface area contributed by atoms with E-state index in [0.29, 0.717) is 31.3 Å². The zero-order valence-electron chi connectivity index (χ0n) is 17.4. The molecule has 0 aromatic carbocycles. The molecular weight excluding hydrogens is 426 g/mol. The Hall–Kier alpha value is -1.76. The first-order valence-corrected chi connectivity index (χ1v) is 9.77. The van der Waals surface area contributed by atoms with Crippen LogP contribution in [0.15, 0.2) is 36.0 Å². The minimum Gasteiger partial charge on any atom is -0.393 e. The monoisotopic (exact) mass is 454 g/mol. The molecular formula is C22H28F6O3. The molecule has 0 saturated heterocycles. The van der Waals surface area contributed by atoms with Crippen LogP contribution in [0.1, 0.15) is 52.4 Å². The van der Waals surface area contributed by atoms with Crippen molar-refractivity contribution in [3.05, 3.63) is 36.0 Å². The quantitative estimate of drug-likeness (QED) is 0.301. The van der Waals surface area contributed by atoms with Crippen LogP contribution in [0.3, 0.4) is 0 Å². The van der Waals surface area contributed by atoms with E-state index in [1.807, 2.05) is 12.0 Å². The molecule has 2 atom stereocenters. The summed E-state index contributed by atoms with van der Waals surface area (Å²) in [6, 6.07) is 0. The molecule has 1 fully saturated rings. The lowest BCUT2D eigenvalue weighted by Crippen LogP contribution is -2.55. The first-order chi connectivity index (χ1) is 14.0. The van der Waals surface area contributed by atoms with E-state index in [1.165, 1.54) is 0 Å². The summed E-state index contributed by atoms with van der Waals surface area (Å²) in [5.41, 5.74) is -4.38. The molecule has 3 N–H and O–H groups in total. The highest BCUT2D eigenvalue weighted by Gasteiger charge is 2.70. The van der Waals surface area contributed by atoms with Crippen molar-refractivity contribution in [1.82, 2.24) is 0 Å². The number of unbranched alkanes of at least 4 members (excludes halogenated alkanes) is 1. The van der Waals surface area contributed by atoms with Gasteiger partial charge in [0.25, 0.3) is 0 Å². The summed E-state index contributed by atoms with van der Waals surface area (Å²) in [7, 11) is 0. The van der Waals surface area contributed by atoms with Crippen molar-refractivity contribution < 1.29 is 41.7 Å². The number of aliphatic hydroxyl groups is 3. The number of halogens is 6. The van der Waals surface area contributed by atoms with Crippen molar-refractivity contribution in [2.75, 3.05) is 0 Å². The van der Waals surface area contributed by atoms with Crippen LogP contribution in [0, 0.1) is 17.3 Å². The van der Waals surface area contributed by atoms with Crippen LogP contribution in [0.4, 0.5) is 26.3 Å². The standard InChI is InChI=1S/C22H28F6O3/c1-15-16(13-17(29)14-18(15)30)9-6-4-5-7-10-19(2,3)11-8-12-20(31,21(23,24)25)22(26,27)28/h4,6,9,17-18,29-31H,1,5,7,10-11,13-14H2,2-3H3/b6-4+,16-9-. The van der Waals surface area contributed by atoms with Gasteiger partial charge in [0.15, 0.2) is 0 Å². The second kappa shape index (κ2) is 10.2. The van der Waals surface area contributed by atoms with Crippen LogP contribution in [-0.4, -0.2) is 45.5 Å². The Morgan fingerprint density at radius 1 is 1.10 bits per heavy atom. The van der Waals surface area contributed by atoms with Crippen molar-refractivity contribution >= 4 is 0 Å². The van der Waals surface area contributed by atoms with Gasteiger partial charge in [-0.15, -0.1) is 0 Å². The summed E-state index contributed by atoms with van der Waals surface area (Å²) in [5, 5.41) is 28.5. The molecule has 0 spiro atoms. The average Bonchev–Trinajstić information content (AvgIpc) is 2.59. The maximum Gasteiger partial charge on any atom is 0.438 e. The molecule has 0 bridgehead atoms. The van der Waals surface area contributed by atoms with Gasteiger partial charge in [0.2, 0.25) is 0 Å². The molecule has 1 aliphatic rings. The lowest BCUT2D eigenvalue weighted by Gasteiger charge is -2.27. The molecule has 3 nitrogen and oxygen atoms in total. The van der Waals surface area contributed by atoms with Crippen LogP contribution in [0.2, 0.25) is 0 Å². The summed E-state index contributed by atoms with van der Waals surface area (Å²) in [5.74, 6) is 2.84. The maximum absolute atomic E-state index is 12.6. The van der Waals surface area contributed by atoms with Crippen molar-refractivity contribution in [2.45, 2.75) is 82.5 Å². The molecule has 0 radical (unpaired) electrons. The second-order valence-electron chi connectivity index (χ2n) is 8.50. The average molecular weight is 454 g/mol. The van der Waals surface area contributed by atoms with Gasteiger partial charge in [-0.05, 0) is 48.2 Å². The Bertz CT molecular complexity index is 736. The molecule has 0 aromatic rings. The zero-order chi connectivity index (χ0) is 24.1. The molecule has 0 aromatic heterocycles. The summed E-state index contributed by atoms with van der Waals surface area (Å²) in [6.45, 7) is 7.14. The van der Waals surface area contributed by atoms with Crippen LogP contribution < -0.4 is 0 Å². The Labute approximate surface area is 178 Å². The largest absolute Gasteiger partial charge is 0.438 e. The third kappa shape index (κ3) is 7.70. The third-order valence-corrected chi connectivity index (χ3v) is 5.08. The molecule has 176 valence electrons. The Morgan fingerprint density at radius 3 is 2.23 bits per heavy atom. The van der Waals surface area contributed by atoms with Gasteiger partial charge >= 0.3 is 18.0 Å². The van der Waals surface area contributed by atoms with Crippen molar-refractivity contribution in [3.63, 3.8) is 0 Å². The highest BCUT2D eigenvalue weighted by atomic mass is 19.4. The van der Waals surface area contributed by atoms with E-state index in [4.69, 9.17) is 5.11 Å². The van der Waals surface area contributed by atoms with Gasteiger partial charge in [-0.25, -0.2) is 0 Å². The van der Waals surface area contributed by atoms with Crippen molar-refractivity contribution in [1.29, 1.82) is 0 Å². The molecule has 1 rings (SSSR count). The van der Waals surface area contributed by atoms with Gasteiger partial charge in [0.05, 0.1) is 12.2 Å². The van der Waals surface area contributed by atoms with Crippen molar-refractivity contribution in [2.24, 2.45) is 5.41 Å². The van der Waals surface area contributed by atoms with Gasteiger partial charge in [-0.1, -0.05) is 44.6 Å². The van der Waals surface area contributed by atoms with E-state index >= 15 is 0 Å². The summed E-state index contributed by atoms with van der Waals surface area (Å²) >= 11 is 0. The molecule has 0 aliphatic heterocycles. The SMILES string of the molecule is C=C1/C(=C\C=C\CCCC(C)(C)CC#CC(O)(C(F)(F)F)C(F)(F)F)CC(O)CC1O. The van der Waals surface area contributed by atoms with Crippen LogP contribution >= 0.6 is 0 Å². The number of allylic oxidation sites excluding steroid dienone is 3. The van der Waals surface area contributed by atoms with E-state index < -0.39 is 35.6 Å². The number of hydrogen-bond donors (Lipinski definition) is 3. The molecule has 0 amide bonds. The van der Waals surface area contributed by atoms with Crippen LogP contribution in [0.5, 0.6) is 0 Å². The normalized spacial score (nSPS) is 22.7. The van der Waals surface area contributed by atoms with Gasteiger partial charge in [-0.2, -0.15) is 26.3 Å². The molecule has 1 aliphatic carbocycles. The van der Waals surface area contributed by atoms with E-state index in [-0.39, 0.29) is 12.8 Å². The Kier molecular flexibility index (Phi) is 9.01. The first-order valence-electron chi connectivity index (χ1n) is 9.77. The number of rotatable bonds is 6. The minimum atomic E-state index is -5.95. The van der Waals surface area contributed by atoms with E-state index in [0.717, 1.165) is 11.5 Å². The molecule has 31 heavy (non-hydrogen) atoms. The Morgan fingerprint density at radius 2 is 1.68 bits per heavy atom. The predicted octanol–water partition coefficient (Wildman–Crippen LogP) is 4.99. The van der Waals surface area contributed by atoms with Gasteiger partial charge < -0.3 is 15.3 Å². The number of aliphatic hydroxyl groups excluding tert-OH is 2. The van der Waals surface area contributed by atoms with Gasteiger partial charge in [0.1, 0.15) is 0 Å². The summed E-state index contributed by atoms with van der Waals surface area (Å²) in [4.78, 5) is 0. The first kappa shape index (κ1) is 27.3. The van der Waals surface area contributed by atoms with Crippen molar-refractivity contribution in [3.8, 4) is 11.8 Å². The number of hydrogen-bond acceptors (Lipinski definition) is 3. The molecule has 9 heteroatoms. The molecule has 0 heterocycles. The maximum atomic E-state index is 12.6. The van der Waals surface area contributed by atoms with E-state index in [1.54, 1.807) is 26.0 Å². The fourth-order valence-corrected chi connectivity index (χ4v) is 3.04. The zero-order valence-corrected chi connectivity index (χ0v) is 17.4.